The van der Waals surface area contributed by atoms with Crippen LogP contribution in [0, 0.1) is 17.1 Å². The van der Waals surface area contributed by atoms with Gasteiger partial charge in [-0.1, -0.05) is 12.1 Å². The van der Waals surface area contributed by atoms with Gasteiger partial charge in [-0.25, -0.2) is 9.07 Å². The Hall–Kier alpha value is -3.77. The minimum absolute atomic E-state index is 0.0446. The van der Waals surface area contributed by atoms with Crippen LogP contribution < -0.4 is 5.56 Å². The van der Waals surface area contributed by atoms with Crippen LogP contribution in [0.15, 0.2) is 47.4 Å². The van der Waals surface area contributed by atoms with Crippen LogP contribution in [0.2, 0.25) is 0 Å². The van der Waals surface area contributed by atoms with Gasteiger partial charge in [0, 0.05) is 49.5 Å². The zero-order chi connectivity index (χ0) is 24.4. The van der Waals surface area contributed by atoms with Gasteiger partial charge in [0.1, 0.15) is 11.9 Å². The molecule has 8 nitrogen and oxygen atoms in total. The first-order valence-electron chi connectivity index (χ1n) is 11.3. The van der Waals surface area contributed by atoms with Gasteiger partial charge >= 0.3 is 0 Å². The lowest BCUT2D eigenvalue weighted by Crippen LogP contribution is -2.55. The molecule has 0 aliphatic carbocycles. The predicted octanol–water partition coefficient (Wildman–Crippen LogP) is 2.85. The number of carbonyl (C=O) groups excluding carboxylic acids is 1. The summed E-state index contributed by atoms with van der Waals surface area (Å²) in [6, 6.07) is 11.6. The fourth-order valence-electron chi connectivity index (χ4n) is 4.24. The SMILES string of the molecule is CC(C)N1CCN(C(=O)c2ccc(-c3cc(=O)n(Cc4cccc(C#N)c4F)[nH]3)nc2)C(C)C1. The van der Waals surface area contributed by atoms with Crippen LogP contribution in [-0.2, 0) is 6.54 Å². The number of carbonyl (C=O) groups is 1. The van der Waals surface area contributed by atoms with Gasteiger partial charge in [0.05, 0.1) is 29.1 Å². The van der Waals surface area contributed by atoms with Crippen LogP contribution >= 0.6 is 0 Å². The number of aromatic amines is 1. The molecule has 1 aliphatic heterocycles. The molecule has 1 amide bonds. The number of rotatable bonds is 5. The Morgan fingerprint density at radius 2 is 2.09 bits per heavy atom. The first kappa shape index (κ1) is 23.4. The Morgan fingerprint density at radius 3 is 2.74 bits per heavy atom. The molecular weight excluding hydrogens is 435 g/mol. The van der Waals surface area contributed by atoms with Crippen molar-refractivity contribution in [3.63, 3.8) is 0 Å². The van der Waals surface area contributed by atoms with Crippen molar-refractivity contribution in [3.8, 4) is 17.5 Å². The number of amides is 1. The van der Waals surface area contributed by atoms with E-state index in [-0.39, 0.29) is 35.2 Å². The zero-order valence-electron chi connectivity index (χ0n) is 19.5. The fraction of sp³-hybridized carbons (Fsp3) is 0.360. The minimum Gasteiger partial charge on any atom is -0.333 e. The number of pyridine rings is 1. The lowest BCUT2D eigenvalue weighted by atomic mass is 10.1. The summed E-state index contributed by atoms with van der Waals surface area (Å²) in [4.78, 5) is 34.1. The maximum Gasteiger partial charge on any atom is 0.267 e. The number of aromatic nitrogens is 3. The van der Waals surface area contributed by atoms with Crippen LogP contribution in [0.25, 0.3) is 11.4 Å². The maximum absolute atomic E-state index is 14.4. The second-order valence-corrected chi connectivity index (χ2v) is 8.85. The number of nitrogens with zero attached hydrogens (tertiary/aromatic N) is 5. The Balaban J connectivity index is 1.49. The van der Waals surface area contributed by atoms with Gasteiger partial charge in [0.25, 0.3) is 11.5 Å². The number of halogens is 1. The van der Waals surface area contributed by atoms with Gasteiger partial charge in [-0.15, -0.1) is 0 Å². The number of nitriles is 1. The summed E-state index contributed by atoms with van der Waals surface area (Å²) in [7, 11) is 0. The molecule has 2 aromatic heterocycles. The van der Waals surface area contributed by atoms with Gasteiger partial charge in [-0.2, -0.15) is 5.26 Å². The number of H-pyrrole nitrogens is 1. The standard InChI is InChI=1S/C25H27FN6O2/c1-16(2)30-9-10-31(17(3)14-30)25(34)19-7-8-21(28-13-19)22-11-23(33)32(29-22)15-20-6-4-5-18(12-27)24(20)26/h4-8,11,13,16-17,29H,9-10,14-15H2,1-3H3. The highest BCUT2D eigenvalue weighted by molar-refractivity contribution is 5.94. The predicted molar refractivity (Wildman–Crippen MR) is 126 cm³/mol. The number of hydrogen-bond acceptors (Lipinski definition) is 5. The Kier molecular flexibility index (Phi) is 6.61. The highest BCUT2D eigenvalue weighted by Gasteiger charge is 2.29. The van der Waals surface area contributed by atoms with Crippen molar-refractivity contribution in [1.82, 2.24) is 24.6 Å². The molecule has 3 heterocycles. The zero-order valence-corrected chi connectivity index (χ0v) is 19.5. The summed E-state index contributed by atoms with van der Waals surface area (Å²) in [6.07, 6.45) is 1.52. The summed E-state index contributed by atoms with van der Waals surface area (Å²) in [5.74, 6) is -0.702. The van der Waals surface area contributed by atoms with Crippen LogP contribution in [-0.4, -0.2) is 62.2 Å². The second kappa shape index (κ2) is 9.61. The highest BCUT2D eigenvalue weighted by Crippen LogP contribution is 2.19. The van der Waals surface area contributed by atoms with E-state index in [1.807, 2.05) is 4.90 Å². The van der Waals surface area contributed by atoms with Crippen molar-refractivity contribution in [2.45, 2.75) is 39.4 Å². The van der Waals surface area contributed by atoms with E-state index >= 15 is 0 Å². The van der Waals surface area contributed by atoms with Crippen molar-refractivity contribution in [1.29, 1.82) is 5.26 Å². The molecule has 1 atom stereocenters. The third kappa shape index (κ3) is 4.63. The van der Waals surface area contributed by atoms with Crippen molar-refractivity contribution in [2.75, 3.05) is 19.6 Å². The minimum atomic E-state index is -0.641. The average Bonchev–Trinajstić information content (AvgIpc) is 3.20. The van der Waals surface area contributed by atoms with Crippen molar-refractivity contribution in [2.24, 2.45) is 0 Å². The molecule has 1 unspecified atom stereocenters. The van der Waals surface area contributed by atoms with E-state index < -0.39 is 5.82 Å². The molecule has 1 saturated heterocycles. The molecule has 1 fully saturated rings. The third-order valence-electron chi connectivity index (χ3n) is 6.25. The number of benzene rings is 1. The maximum atomic E-state index is 14.4. The Morgan fingerprint density at radius 1 is 1.29 bits per heavy atom. The third-order valence-corrected chi connectivity index (χ3v) is 6.25. The summed E-state index contributed by atoms with van der Waals surface area (Å²) in [5, 5.41) is 11.9. The van der Waals surface area contributed by atoms with Crippen molar-refractivity contribution >= 4 is 5.91 Å². The van der Waals surface area contributed by atoms with E-state index in [2.05, 4.69) is 35.8 Å². The summed E-state index contributed by atoms with van der Waals surface area (Å²) >= 11 is 0. The molecule has 176 valence electrons. The largest absolute Gasteiger partial charge is 0.333 e. The van der Waals surface area contributed by atoms with Crippen molar-refractivity contribution in [3.05, 3.63) is 75.5 Å². The average molecular weight is 463 g/mol. The Bertz CT molecular complexity index is 1290. The van der Waals surface area contributed by atoms with Gasteiger partial charge in [0.2, 0.25) is 0 Å². The molecule has 1 N–H and O–H groups in total. The van der Waals surface area contributed by atoms with Gasteiger partial charge in [0.15, 0.2) is 0 Å². The van der Waals surface area contributed by atoms with Gasteiger partial charge in [-0.05, 0) is 39.0 Å². The monoisotopic (exact) mass is 462 g/mol. The molecule has 0 spiro atoms. The van der Waals surface area contributed by atoms with Crippen molar-refractivity contribution < 1.29 is 9.18 Å². The molecule has 4 rings (SSSR count). The molecule has 1 aromatic carbocycles. The van der Waals surface area contributed by atoms with E-state index in [1.54, 1.807) is 24.3 Å². The molecular formula is C25H27FN6O2. The second-order valence-electron chi connectivity index (χ2n) is 8.85. The van der Waals surface area contributed by atoms with E-state index in [9.17, 15) is 14.0 Å². The topological polar surface area (TPSA) is 98.0 Å². The summed E-state index contributed by atoms with van der Waals surface area (Å²) < 4.78 is 15.6. The van der Waals surface area contributed by atoms with E-state index in [0.29, 0.717) is 29.5 Å². The molecule has 0 saturated carbocycles. The van der Waals surface area contributed by atoms with Crippen LogP contribution in [0.5, 0.6) is 0 Å². The molecule has 0 bridgehead atoms. The first-order valence-corrected chi connectivity index (χ1v) is 11.3. The van der Waals surface area contributed by atoms with Gasteiger partial charge in [-0.3, -0.25) is 24.6 Å². The van der Waals surface area contributed by atoms with E-state index in [4.69, 9.17) is 5.26 Å². The quantitative estimate of drug-likeness (QED) is 0.629. The number of piperazine rings is 1. The molecule has 3 aromatic rings. The lowest BCUT2D eigenvalue weighted by Gasteiger charge is -2.41. The van der Waals surface area contributed by atoms with E-state index in [0.717, 1.165) is 13.1 Å². The molecule has 34 heavy (non-hydrogen) atoms. The summed E-state index contributed by atoms with van der Waals surface area (Å²) in [5.41, 5.74) is 1.26. The lowest BCUT2D eigenvalue weighted by molar-refractivity contribution is 0.0425. The number of hydrogen-bond donors (Lipinski definition) is 1. The number of nitrogens with one attached hydrogen (secondary N) is 1. The van der Waals surface area contributed by atoms with Crippen LogP contribution in [0.3, 0.4) is 0 Å². The molecule has 9 heteroatoms. The first-order chi connectivity index (χ1) is 16.3. The van der Waals surface area contributed by atoms with Crippen LogP contribution in [0.1, 0.15) is 42.3 Å². The molecule has 0 radical (unpaired) electrons. The summed E-state index contributed by atoms with van der Waals surface area (Å²) in [6.45, 7) is 8.66. The van der Waals surface area contributed by atoms with Crippen LogP contribution in [0.4, 0.5) is 4.39 Å². The Labute approximate surface area is 197 Å². The molecule has 1 aliphatic rings. The van der Waals surface area contributed by atoms with Gasteiger partial charge < -0.3 is 4.90 Å². The fourth-order valence-corrected chi connectivity index (χ4v) is 4.24. The van der Waals surface area contributed by atoms with E-state index in [1.165, 1.54) is 29.1 Å². The highest BCUT2D eigenvalue weighted by atomic mass is 19.1. The normalized spacial score (nSPS) is 16.6. The smallest absolute Gasteiger partial charge is 0.267 e.